The predicted molar refractivity (Wildman–Crippen MR) is 85.9 cm³/mol. The number of hydrogen-bond acceptors (Lipinski definition) is 4. The molecule has 2 aromatic heterocycles. The molecule has 0 radical (unpaired) electrons. The van der Waals surface area contributed by atoms with Crippen molar-refractivity contribution in [1.82, 2.24) is 19.1 Å². The van der Waals surface area contributed by atoms with Crippen LogP contribution in [0.5, 0.6) is 0 Å². The Kier molecular flexibility index (Phi) is 4.56. The maximum absolute atomic E-state index is 12.1. The average Bonchev–Trinajstić information content (AvgIpc) is 3.04. The van der Waals surface area contributed by atoms with E-state index in [1.54, 1.807) is 24.0 Å². The first-order valence-corrected chi connectivity index (χ1v) is 7.96. The number of nitrogens with zero attached hydrogens (tertiary/aromatic N) is 5. The van der Waals surface area contributed by atoms with Crippen LogP contribution in [0, 0.1) is 5.92 Å². The second kappa shape index (κ2) is 6.77. The zero-order valence-electron chi connectivity index (χ0n) is 13.1. The lowest BCUT2D eigenvalue weighted by molar-refractivity contribution is 0.362. The molecule has 3 heterocycles. The van der Waals surface area contributed by atoms with Gasteiger partial charge in [0.05, 0.1) is 6.33 Å². The van der Waals surface area contributed by atoms with Crippen LogP contribution in [0.3, 0.4) is 0 Å². The molecule has 1 aliphatic heterocycles. The average molecular weight is 301 g/mol. The van der Waals surface area contributed by atoms with Crippen LogP contribution in [0.4, 0.5) is 5.82 Å². The summed E-state index contributed by atoms with van der Waals surface area (Å²) < 4.78 is 3.73. The van der Waals surface area contributed by atoms with Crippen LogP contribution in [0.2, 0.25) is 0 Å². The molecule has 0 atom stereocenters. The summed E-state index contributed by atoms with van der Waals surface area (Å²) in [6, 6.07) is 0. The number of rotatable bonds is 5. The summed E-state index contributed by atoms with van der Waals surface area (Å²) >= 11 is 0. The number of hydrogen-bond donors (Lipinski definition) is 0. The highest BCUT2D eigenvalue weighted by molar-refractivity contribution is 5.35. The molecule has 0 saturated carbocycles. The normalized spacial score (nSPS) is 16.1. The maximum Gasteiger partial charge on any atom is 0.293 e. The van der Waals surface area contributed by atoms with Gasteiger partial charge >= 0.3 is 0 Å². The highest BCUT2D eigenvalue weighted by Crippen LogP contribution is 2.23. The Bertz CT molecular complexity index is 641. The molecule has 3 rings (SSSR count). The third-order valence-electron chi connectivity index (χ3n) is 4.50. The molecule has 6 heteroatoms. The summed E-state index contributed by atoms with van der Waals surface area (Å²) in [4.78, 5) is 22.6. The third kappa shape index (κ3) is 3.37. The molecule has 0 spiro atoms. The number of piperidine rings is 1. The van der Waals surface area contributed by atoms with Crippen molar-refractivity contribution < 1.29 is 0 Å². The molecule has 6 nitrogen and oxygen atoms in total. The van der Waals surface area contributed by atoms with Crippen LogP contribution >= 0.6 is 0 Å². The minimum absolute atomic E-state index is 0.000979. The van der Waals surface area contributed by atoms with Crippen LogP contribution in [-0.4, -0.2) is 32.2 Å². The van der Waals surface area contributed by atoms with Gasteiger partial charge in [-0.2, -0.15) is 0 Å². The molecule has 0 aliphatic carbocycles. The maximum atomic E-state index is 12.1. The highest BCUT2D eigenvalue weighted by Gasteiger charge is 2.21. The van der Waals surface area contributed by atoms with Crippen LogP contribution < -0.4 is 10.5 Å². The second-order valence-electron chi connectivity index (χ2n) is 6.04. The lowest BCUT2D eigenvalue weighted by Crippen LogP contribution is -2.38. The molecular weight excluding hydrogens is 278 g/mol. The topological polar surface area (TPSA) is 56.0 Å². The Morgan fingerprint density at radius 3 is 2.77 bits per heavy atom. The second-order valence-corrected chi connectivity index (χ2v) is 6.04. The molecule has 0 amide bonds. The zero-order valence-corrected chi connectivity index (χ0v) is 13.1. The summed E-state index contributed by atoms with van der Waals surface area (Å²) in [5.41, 5.74) is 0.000979. The molecule has 118 valence electrons. The summed E-state index contributed by atoms with van der Waals surface area (Å²) in [5.74, 6) is 1.36. The minimum Gasteiger partial charge on any atom is -0.352 e. The van der Waals surface area contributed by atoms with Crippen LogP contribution in [0.25, 0.3) is 0 Å². The number of aryl methyl sites for hydroxylation is 2. The van der Waals surface area contributed by atoms with Gasteiger partial charge in [-0.3, -0.25) is 4.79 Å². The van der Waals surface area contributed by atoms with E-state index in [9.17, 15) is 4.79 Å². The molecule has 1 saturated heterocycles. The van der Waals surface area contributed by atoms with Crippen molar-refractivity contribution in [3.05, 3.63) is 41.5 Å². The van der Waals surface area contributed by atoms with E-state index < -0.39 is 0 Å². The molecule has 0 unspecified atom stereocenters. The van der Waals surface area contributed by atoms with Crippen molar-refractivity contribution in [3.8, 4) is 0 Å². The van der Waals surface area contributed by atoms with Crippen molar-refractivity contribution in [2.75, 3.05) is 18.0 Å². The molecule has 0 N–H and O–H groups in total. The molecule has 0 bridgehead atoms. The fourth-order valence-corrected chi connectivity index (χ4v) is 3.12. The number of aromatic nitrogens is 4. The Balaban J connectivity index is 1.48. The van der Waals surface area contributed by atoms with E-state index in [1.807, 2.05) is 18.7 Å². The lowest BCUT2D eigenvalue weighted by Gasteiger charge is -2.32. The number of imidazole rings is 1. The Labute approximate surface area is 130 Å². The van der Waals surface area contributed by atoms with Crippen molar-refractivity contribution in [1.29, 1.82) is 0 Å². The van der Waals surface area contributed by atoms with Crippen molar-refractivity contribution in [3.63, 3.8) is 0 Å². The monoisotopic (exact) mass is 301 g/mol. The van der Waals surface area contributed by atoms with Crippen LogP contribution in [0.15, 0.2) is 35.9 Å². The van der Waals surface area contributed by atoms with Gasteiger partial charge in [0.2, 0.25) is 0 Å². The van der Waals surface area contributed by atoms with Crippen LogP contribution in [0.1, 0.15) is 25.7 Å². The first-order valence-electron chi connectivity index (χ1n) is 7.96. The fourth-order valence-electron chi connectivity index (χ4n) is 3.12. The molecular formula is C16H23N5O. The quantitative estimate of drug-likeness (QED) is 0.843. The lowest BCUT2D eigenvalue weighted by atomic mass is 9.92. The van der Waals surface area contributed by atoms with Gasteiger partial charge in [-0.1, -0.05) is 0 Å². The Morgan fingerprint density at radius 2 is 2.05 bits per heavy atom. The predicted octanol–water partition coefficient (Wildman–Crippen LogP) is 1.67. The minimum atomic E-state index is 0.000979. The molecule has 2 aromatic rings. The van der Waals surface area contributed by atoms with Gasteiger partial charge in [-0.25, -0.2) is 9.97 Å². The Hall–Kier alpha value is -2.11. The van der Waals surface area contributed by atoms with E-state index in [4.69, 9.17) is 0 Å². The fraction of sp³-hybridized carbons (Fsp3) is 0.562. The molecule has 1 fully saturated rings. The van der Waals surface area contributed by atoms with E-state index in [-0.39, 0.29) is 5.56 Å². The highest BCUT2D eigenvalue weighted by atomic mass is 16.1. The largest absolute Gasteiger partial charge is 0.352 e. The van der Waals surface area contributed by atoms with Crippen molar-refractivity contribution in [2.24, 2.45) is 13.0 Å². The summed E-state index contributed by atoms with van der Waals surface area (Å²) in [5, 5.41) is 0. The van der Waals surface area contributed by atoms with E-state index in [0.29, 0.717) is 5.82 Å². The Morgan fingerprint density at radius 1 is 1.23 bits per heavy atom. The van der Waals surface area contributed by atoms with Gasteiger partial charge in [-0.05, 0) is 31.6 Å². The summed E-state index contributed by atoms with van der Waals surface area (Å²) in [6.45, 7) is 2.91. The first-order chi connectivity index (χ1) is 10.7. The van der Waals surface area contributed by atoms with Gasteiger partial charge < -0.3 is 14.0 Å². The molecule has 0 aromatic carbocycles. The van der Waals surface area contributed by atoms with Gasteiger partial charge in [0.1, 0.15) is 0 Å². The molecule has 1 aliphatic rings. The van der Waals surface area contributed by atoms with E-state index in [1.165, 1.54) is 12.8 Å². The van der Waals surface area contributed by atoms with E-state index >= 15 is 0 Å². The van der Waals surface area contributed by atoms with E-state index in [0.717, 1.165) is 38.4 Å². The van der Waals surface area contributed by atoms with Gasteiger partial charge in [-0.15, -0.1) is 0 Å². The van der Waals surface area contributed by atoms with E-state index in [2.05, 4.69) is 19.4 Å². The van der Waals surface area contributed by atoms with Gasteiger partial charge in [0.25, 0.3) is 5.56 Å². The number of anilines is 1. The smallest absolute Gasteiger partial charge is 0.293 e. The SMILES string of the molecule is Cn1ccnc(N2CCC(CCCn3ccnc3)CC2)c1=O. The van der Waals surface area contributed by atoms with Crippen molar-refractivity contribution in [2.45, 2.75) is 32.2 Å². The zero-order chi connectivity index (χ0) is 15.4. The third-order valence-corrected chi connectivity index (χ3v) is 4.50. The van der Waals surface area contributed by atoms with Crippen LogP contribution in [-0.2, 0) is 13.6 Å². The standard InChI is InChI=1S/C16H23N5O/c1-19-11-7-18-15(16(19)22)21-9-4-14(5-10-21)3-2-8-20-12-6-17-13-20/h6-7,11-14H,2-5,8-10H2,1H3. The first kappa shape index (κ1) is 14.8. The van der Waals surface area contributed by atoms with Crippen molar-refractivity contribution >= 4 is 5.82 Å². The summed E-state index contributed by atoms with van der Waals surface area (Å²) in [6.07, 6.45) is 13.8. The molecule has 22 heavy (non-hydrogen) atoms. The van der Waals surface area contributed by atoms with Gasteiger partial charge in [0, 0.05) is 51.5 Å². The van der Waals surface area contributed by atoms with Gasteiger partial charge in [0.15, 0.2) is 5.82 Å². The summed E-state index contributed by atoms with van der Waals surface area (Å²) in [7, 11) is 1.77.